The first-order chi connectivity index (χ1) is 19.0. The Bertz CT molecular complexity index is 1330. The zero-order valence-corrected chi connectivity index (χ0v) is 24.3. The van der Waals surface area contributed by atoms with Crippen molar-refractivity contribution in [3.05, 3.63) is 71.4 Å². The molecule has 0 bridgehead atoms. The molecule has 1 aliphatic heterocycles. The summed E-state index contributed by atoms with van der Waals surface area (Å²) in [6, 6.07) is 18.2. The van der Waals surface area contributed by atoms with E-state index in [4.69, 9.17) is 4.74 Å². The van der Waals surface area contributed by atoms with Gasteiger partial charge in [0.15, 0.2) is 0 Å². The molecule has 2 heterocycles. The van der Waals surface area contributed by atoms with Crippen LogP contribution >= 0.6 is 0 Å². The summed E-state index contributed by atoms with van der Waals surface area (Å²) in [5.74, 6) is 0.422. The van der Waals surface area contributed by atoms with Crippen LogP contribution in [0.3, 0.4) is 0 Å². The lowest BCUT2D eigenvalue weighted by Gasteiger charge is -2.29. The van der Waals surface area contributed by atoms with Crippen molar-refractivity contribution in [2.75, 3.05) is 25.0 Å². The number of alkyl carbamates (subject to hydrolysis) is 1. The highest BCUT2D eigenvalue weighted by Gasteiger charge is 2.26. The van der Waals surface area contributed by atoms with Gasteiger partial charge in [0.1, 0.15) is 11.7 Å². The minimum atomic E-state index is -0.656. The lowest BCUT2D eigenvalue weighted by Crippen LogP contribution is -2.43. The molecule has 0 atom stereocenters. The lowest BCUT2D eigenvalue weighted by atomic mass is 9.93. The summed E-state index contributed by atoms with van der Waals surface area (Å²) in [7, 11) is 0. The van der Waals surface area contributed by atoms with Gasteiger partial charge in [-0.05, 0) is 90.2 Å². The Hall–Kier alpha value is -3.96. The smallest absolute Gasteiger partial charge is 0.408 e. The Balaban J connectivity index is 1.44. The van der Waals surface area contributed by atoms with Gasteiger partial charge < -0.3 is 20.3 Å². The third-order valence-corrected chi connectivity index (χ3v) is 6.98. The molecule has 2 N–H and O–H groups in total. The number of likely N-dealkylation sites (tertiary alicyclic amines) is 1. The first-order valence-corrected chi connectivity index (χ1v) is 14.0. The molecular formula is C32H40N6O2. The molecule has 1 aliphatic rings. The second-order valence-corrected chi connectivity index (χ2v) is 11.9. The van der Waals surface area contributed by atoms with Crippen LogP contribution in [-0.4, -0.2) is 46.2 Å². The summed E-state index contributed by atoms with van der Waals surface area (Å²) in [5, 5.41) is 15.9. The standard InChI is InChI=1S/C32H40N6O2/c1-31(2,3)40-30(39)37-32(4,5)26-13-11-24(12-14-26)28-25(21-33)22-34-29(36-28)35-27-15-9-23(10-16-27)17-20-38-18-7-6-8-19-38/h9-16,22H,6-8,17-20H2,1-5H3,(H,37,39)(H,34,35,36). The zero-order valence-electron chi connectivity index (χ0n) is 24.3. The Labute approximate surface area is 237 Å². The van der Waals surface area contributed by atoms with Crippen molar-refractivity contribution in [1.29, 1.82) is 5.26 Å². The molecule has 0 spiro atoms. The number of aromatic nitrogens is 2. The van der Waals surface area contributed by atoms with Crippen LogP contribution in [0.1, 0.15) is 70.6 Å². The van der Waals surface area contributed by atoms with Gasteiger partial charge in [-0.3, -0.25) is 0 Å². The number of amides is 1. The normalized spacial score (nSPS) is 14.3. The number of ether oxygens (including phenoxy) is 1. The average molecular weight is 541 g/mol. The van der Waals surface area contributed by atoms with E-state index >= 15 is 0 Å². The van der Waals surface area contributed by atoms with E-state index in [0.29, 0.717) is 17.2 Å². The van der Waals surface area contributed by atoms with E-state index in [9.17, 15) is 10.1 Å². The maximum Gasteiger partial charge on any atom is 0.408 e. The number of hydrogen-bond donors (Lipinski definition) is 2. The number of nitriles is 1. The highest BCUT2D eigenvalue weighted by atomic mass is 16.6. The molecule has 1 amide bonds. The molecule has 1 fully saturated rings. The molecule has 8 heteroatoms. The van der Waals surface area contributed by atoms with Crippen molar-refractivity contribution in [2.24, 2.45) is 0 Å². The monoisotopic (exact) mass is 540 g/mol. The van der Waals surface area contributed by atoms with E-state index in [-0.39, 0.29) is 0 Å². The molecule has 40 heavy (non-hydrogen) atoms. The van der Waals surface area contributed by atoms with Gasteiger partial charge in [-0.1, -0.05) is 42.8 Å². The predicted octanol–water partition coefficient (Wildman–Crippen LogP) is 6.55. The summed E-state index contributed by atoms with van der Waals surface area (Å²) in [4.78, 5) is 23.9. The third-order valence-electron chi connectivity index (χ3n) is 6.98. The fraction of sp³-hybridized carbons (Fsp3) is 0.438. The van der Waals surface area contributed by atoms with Gasteiger partial charge >= 0.3 is 6.09 Å². The van der Waals surface area contributed by atoms with Gasteiger partial charge in [0.25, 0.3) is 0 Å². The van der Waals surface area contributed by atoms with Crippen molar-refractivity contribution >= 4 is 17.7 Å². The molecule has 0 unspecified atom stereocenters. The fourth-order valence-corrected chi connectivity index (χ4v) is 4.77. The Morgan fingerprint density at radius 3 is 2.30 bits per heavy atom. The van der Waals surface area contributed by atoms with Crippen LogP contribution in [0.25, 0.3) is 11.3 Å². The molecule has 3 aromatic rings. The van der Waals surface area contributed by atoms with Gasteiger partial charge in [-0.2, -0.15) is 5.26 Å². The number of carbonyl (C=O) groups is 1. The molecule has 0 radical (unpaired) electrons. The van der Waals surface area contributed by atoms with E-state index in [1.54, 1.807) is 6.20 Å². The number of benzene rings is 2. The highest BCUT2D eigenvalue weighted by molar-refractivity contribution is 5.70. The molecule has 1 saturated heterocycles. The Morgan fingerprint density at radius 2 is 1.68 bits per heavy atom. The van der Waals surface area contributed by atoms with Crippen LogP contribution in [0.5, 0.6) is 0 Å². The van der Waals surface area contributed by atoms with Gasteiger partial charge in [-0.25, -0.2) is 14.8 Å². The summed E-state index contributed by atoms with van der Waals surface area (Å²) >= 11 is 0. The maximum absolute atomic E-state index is 12.3. The number of carbonyl (C=O) groups excluding carboxylic acids is 1. The minimum Gasteiger partial charge on any atom is -0.444 e. The van der Waals surface area contributed by atoms with Gasteiger partial charge in [-0.15, -0.1) is 0 Å². The van der Waals surface area contributed by atoms with Crippen LogP contribution < -0.4 is 10.6 Å². The van der Waals surface area contributed by atoms with Crippen molar-refractivity contribution in [1.82, 2.24) is 20.2 Å². The number of rotatable bonds is 8. The molecule has 4 rings (SSSR count). The zero-order chi connectivity index (χ0) is 28.8. The second-order valence-electron chi connectivity index (χ2n) is 11.9. The van der Waals surface area contributed by atoms with E-state index < -0.39 is 17.2 Å². The lowest BCUT2D eigenvalue weighted by molar-refractivity contribution is 0.0470. The number of anilines is 2. The number of nitrogens with zero attached hydrogens (tertiary/aromatic N) is 4. The van der Waals surface area contributed by atoms with Crippen molar-refractivity contribution < 1.29 is 9.53 Å². The predicted molar refractivity (Wildman–Crippen MR) is 158 cm³/mol. The molecule has 0 aliphatic carbocycles. The molecule has 0 saturated carbocycles. The number of nitrogens with one attached hydrogen (secondary N) is 2. The van der Waals surface area contributed by atoms with Crippen LogP contribution in [0.15, 0.2) is 54.7 Å². The maximum atomic E-state index is 12.3. The van der Waals surface area contributed by atoms with Crippen LogP contribution in [0.2, 0.25) is 0 Å². The molecule has 1 aromatic heterocycles. The van der Waals surface area contributed by atoms with Crippen LogP contribution in [0.4, 0.5) is 16.4 Å². The first-order valence-electron chi connectivity index (χ1n) is 14.0. The fourth-order valence-electron chi connectivity index (χ4n) is 4.77. The van der Waals surface area contributed by atoms with Crippen molar-refractivity contribution in [2.45, 2.75) is 71.4 Å². The quantitative estimate of drug-likeness (QED) is 0.334. The molecule has 8 nitrogen and oxygen atoms in total. The van der Waals surface area contributed by atoms with E-state index in [1.807, 2.05) is 71.0 Å². The topological polar surface area (TPSA) is 103 Å². The Kier molecular flexibility index (Phi) is 9.06. The van der Waals surface area contributed by atoms with Crippen molar-refractivity contribution in [3.63, 3.8) is 0 Å². The third kappa shape index (κ3) is 8.03. The number of piperidine rings is 1. The largest absolute Gasteiger partial charge is 0.444 e. The van der Waals surface area contributed by atoms with Gasteiger partial charge in [0, 0.05) is 17.8 Å². The number of hydrogen-bond acceptors (Lipinski definition) is 7. The van der Waals surface area contributed by atoms with Gasteiger partial charge in [0.05, 0.1) is 23.0 Å². The summed E-state index contributed by atoms with van der Waals surface area (Å²) in [5.41, 5.74) is 3.58. The first kappa shape index (κ1) is 29.0. The van der Waals surface area contributed by atoms with Gasteiger partial charge in [0.2, 0.25) is 5.95 Å². The highest BCUT2D eigenvalue weighted by Crippen LogP contribution is 2.27. The molecule has 2 aromatic carbocycles. The molecular weight excluding hydrogens is 500 g/mol. The van der Waals surface area contributed by atoms with E-state index in [0.717, 1.165) is 29.8 Å². The molecule has 210 valence electrons. The second kappa shape index (κ2) is 12.5. The van der Waals surface area contributed by atoms with E-state index in [2.05, 4.69) is 43.7 Å². The SMILES string of the molecule is CC(C)(C)OC(=O)NC(C)(C)c1ccc(-c2nc(Nc3ccc(CCN4CCCCC4)cc3)ncc2C#N)cc1. The van der Waals surface area contributed by atoms with Crippen LogP contribution in [0, 0.1) is 11.3 Å². The van der Waals surface area contributed by atoms with Crippen LogP contribution in [-0.2, 0) is 16.7 Å². The average Bonchev–Trinajstić information content (AvgIpc) is 2.92. The summed E-state index contributed by atoms with van der Waals surface area (Å²) in [6.45, 7) is 12.8. The minimum absolute atomic E-state index is 0.387. The summed E-state index contributed by atoms with van der Waals surface area (Å²) in [6.07, 6.45) is 6.07. The van der Waals surface area contributed by atoms with Crippen molar-refractivity contribution in [3.8, 4) is 17.3 Å². The van der Waals surface area contributed by atoms with E-state index in [1.165, 1.54) is 37.9 Å². The summed E-state index contributed by atoms with van der Waals surface area (Å²) < 4.78 is 5.41. The Morgan fingerprint density at radius 1 is 1.00 bits per heavy atom.